The average Bonchev–Trinajstić information content (AvgIpc) is 2.46. The van der Waals surface area contributed by atoms with Gasteiger partial charge >= 0.3 is 0 Å². The van der Waals surface area contributed by atoms with Crippen molar-refractivity contribution in [3.05, 3.63) is 17.3 Å². The number of aryl methyl sites for hydroxylation is 2. The summed E-state index contributed by atoms with van der Waals surface area (Å²) in [4.78, 5) is 4.25. The molecule has 1 rings (SSSR count). The van der Waals surface area contributed by atoms with Crippen LogP contribution in [0.3, 0.4) is 0 Å². The highest BCUT2D eigenvalue weighted by atomic mass is 16.5. The number of ether oxygens (including phenoxy) is 1. The van der Waals surface area contributed by atoms with Gasteiger partial charge in [-0.3, -0.25) is 0 Å². The van der Waals surface area contributed by atoms with Gasteiger partial charge in [-0.15, -0.1) is 0 Å². The smallest absolute Gasteiger partial charge is 0.227 e. The van der Waals surface area contributed by atoms with Gasteiger partial charge in [0.2, 0.25) is 5.89 Å². The van der Waals surface area contributed by atoms with Crippen molar-refractivity contribution in [2.24, 2.45) is 5.73 Å². The number of methoxy groups -OCH3 is 1. The van der Waals surface area contributed by atoms with Gasteiger partial charge in [-0.1, -0.05) is 0 Å². The Morgan fingerprint density at radius 1 is 1.54 bits per heavy atom. The van der Waals surface area contributed by atoms with Crippen LogP contribution in [-0.2, 0) is 10.3 Å². The normalized spacial score (nSPS) is 15.8. The molecule has 4 heteroatoms. The second kappa shape index (κ2) is 3.47. The number of nitrogens with two attached hydrogens (primary N) is 1. The van der Waals surface area contributed by atoms with E-state index in [4.69, 9.17) is 14.9 Å². The first-order valence-corrected chi connectivity index (χ1v) is 4.23. The number of hydrogen-bond donors (Lipinski definition) is 1. The van der Waals surface area contributed by atoms with Gasteiger partial charge in [0.25, 0.3) is 0 Å². The van der Waals surface area contributed by atoms with E-state index in [0.717, 1.165) is 11.5 Å². The van der Waals surface area contributed by atoms with Crippen LogP contribution in [0.2, 0.25) is 0 Å². The Morgan fingerprint density at radius 3 is 2.46 bits per heavy atom. The van der Waals surface area contributed by atoms with Crippen LogP contribution >= 0.6 is 0 Å². The Kier molecular flexibility index (Phi) is 2.73. The predicted molar refractivity (Wildman–Crippen MR) is 49.4 cm³/mol. The minimum absolute atomic E-state index is 0.350. The summed E-state index contributed by atoms with van der Waals surface area (Å²) in [6.45, 7) is 5.98. The van der Waals surface area contributed by atoms with E-state index in [2.05, 4.69) is 4.98 Å². The molecule has 0 bridgehead atoms. The van der Waals surface area contributed by atoms with E-state index >= 15 is 0 Å². The lowest BCUT2D eigenvalue weighted by Crippen LogP contribution is -2.34. The van der Waals surface area contributed by atoms with Crippen molar-refractivity contribution in [1.82, 2.24) is 4.98 Å². The van der Waals surface area contributed by atoms with E-state index in [1.54, 1.807) is 7.11 Å². The molecular weight excluding hydrogens is 168 g/mol. The highest BCUT2D eigenvalue weighted by Crippen LogP contribution is 2.24. The first-order chi connectivity index (χ1) is 6.03. The molecule has 1 aromatic heterocycles. The van der Waals surface area contributed by atoms with Crippen molar-refractivity contribution in [3.8, 4) is 0 Å². The van der Waals surface area contributed by atoms with Crippen LogP contribution in [0, 0.1) is 13.8 Å². The van der Waals surface area contributed by atoms with Crippen molar-refractivity contribution in [2.45, 2.75) is 26.4 Å². The number of nitrogens with zero attached hydrogens (tertiary/aromatic N) is 1. The van der Waals surface area contributed by atoms with Gasteiger partial charge in [-0.05, 0) is 20.8 Å². The minimum atomic E-state index is -0.612. The van der Waals surface area contributed by atoms with Gasteiger partial charge in [0.15, 0.2) is 5.60 Å². The van der Waals surface area contributed by atoms with E-state index in [1.807, 2.05) is 20.8 Å². The summed E-state index contributed by atoms with van der Waals surface area (Å²) in [6.07, 6.45) is 0. The van der Waals surface area contributed by atoms with Crippen molar-refractivity contribution >= 4 is 0 Å². The fraction of sp³-hybridized carbons (Fsp3) is 0.667. The molecular formula is C9H16N2O2. The largest absolute Gasteiger partial charge is 0.443 e. The third kappa shape index (κ3) is 1.73. The van der Waals surface area contributed by atoms with Gasteiger partial charge < -0.3 is 14.9 Å². The first kappa shape index (κ1) is 10.2. The number of aromatic nitrogens is 1. The second-order valence-electron chi connectivity index (χ2n) is 3.30. The lowest BCUT2D eigenvalue weighted by molar-refractivity contribution is -0.0128. The van der Waals surface area contributed by atoms with Crippen LogP contribution in [0.5, 0.6) is 0 Å². The van der Waals surface area contributed by atoms with Gasteiger partial charge in [-0.2, -0.15) is 0 Å². The van der Waals surface area contributed by atoms with Crippen LogP contribution < -0.4 is 5.73 Å². The van der Waals surface area contributed by atoms with E-state index < -0.39 is 5.60 Å². The van der Waals surface area contributed by atoms with Crippen molar-refractivity contribution in [1.29, 1.82) is 0 Å². The maximum absolute atomic E-state index is 5.58. The SMILES string of the molecule is COC(C)(CN)c1nc(C)c(C)o1. The molecule has 0 aliphatic carbocycles. The van der Waals surface area contributed by atoms with Gasteiger partial charge in [-0.25, -0.2) is 4.98 Å². The zero-order valence-electron chi connectivity index (χ0n) is 8.55. The van der Waals surface area contributed by atoms with Crippen molar-refractivity contribution < 1.29 is 9.15 Å². The summed E-state index contributed by atoms with van der Waals surface area (Å²) >= 11 is 0. The highest BCUT2D eigenvalue weighted by Gasteiger charge is 2.30. The van der Waals surface area contributed by atoms with Crippen LogP contribution in [0.25, 0.3) is 0 Å². The fourth-order valence-electron chi connectivity index (χ4n) is 0.957. The Morgan fingerprint density at radius 2 is 2.15 bits per heavy atom. The minimum Gasteiger partial charge on any atom is -0.443 e. The third-order valence-corrected chi connectivity index (χ3v) is 2.32. The lowest BCUT2D eigenvalue weighted by atomic mass is 10.1. The Hall–Kier alpha value is -0.870. The Balaban J connectivity index is 3.05. The Labute approximate surface area is 78.1 Å². The molecule has 74 valence electrons. The molecule has 1 aromatic rings. The molecule has 0 spiro atoms. The topological polar surface area (TPSA) is 61.3 Å². The molecule has 0 aliphatic heterocycles. The molecule has 0 saturated carbocycles. The molecule has 2 N–H and O–H groups in total. The van der Waals surface area contributed by atoms with E-state index in [1.165, 1.54) is 0 Å². The maximum Gasteiger partial charge on any atom is 0.227 e. The van der Waals surface area contributed by atoms with Crippen LogP contribution in [-0.4, -0.2) is 18.6 Å². The van der Waals surface area contributed by atoms with Gasteiger partial charge in [0.1, 0.15) is 5.76 Å². The van der Waals surface area contributed by atoms with Crippen LogP contribution in [0.1, 0.15) is 24.3 Å². The fourth-order valence-corrected chi connectivity index (χ4v) is 0.957. The summed E-state index contributed by atoms with van der Waals surface area (Å²) in [6, 6.07) is 0. The Bertz CT molecular complexity index is 270. The standard InChI is InChI=1S/C9H16N2O2/c1-6-7(2)13-8(11-6)9(3,5-10)12-4/h5,10H2,1-4H3. The first-order valence-electron chi connectivity index (χ1n) is 4.23. The molecule has 0 amide bonds. The van der Waals surface area contributed by atoms with Crippen molar-refractivity contribution in [2.75, 3.05) is 13.7 Å². The summed E-state index contributed by atoms with van der Waals surface area (Å²) < 4.78 is 10.7. The van der Waals surface area contributed by atoms with E-state index in [0.29, 0.717) is 12.4 Å². The lowest BCUT2D eigenvalue weighted by Gasteiger charge is -2.21. The zero-order chi connectivity index (χ0) is 10.1. The van der Waals surface area contributed by atoms with E-state index in [-0.39, 0.29) is 0 Å². The van der Waals surface area contributed by atoms with Crippen LogP contribution in [0.4, 0.5) is 0 Å². The number of hydrogen-bond acceptors (Lipinski definition) is 4. The molecule has 1 heterocycles. The summed E-state index contributed by atoms with van der Waals surface area (Å²) in [5.41, 5.74) is 5.85. The molecule has 0 aromatic carbocycles. The molecule has 0 saturated heterocycles. The highest BCUT2D eigenvalue weighted by molar-refractivity contribution is 5.09. The quantitative estimate of drug-likeness (QED) is 0.764. The molecule has 0 fully saturated rings. The third-order valence-electron chi connectivity index (χ3n) is 2.32. The van der Waals surface area contributed by atoms with Gasteiger partial charge in [0, 0.05) is 13.7 Å². The monoisotopic (exact) mass is 184 g/mol. The summed E-state index contributed by atoms with van der Waals surface area (Å²) in [7, 11) is 1.60. The van der Waals surface area contributed by atoms with E-state index in [9.17, 15) is 0 Å². The maximum atomic E-state index is 5.58. The molecule has 4 nitrogen and oxygen atoms in total. The number of oxazole rings is 1. The average molecular weight is 184 g/mol. The molecule has 0 aliphatic rings. The molecule has 1 atom stereocenters. The van der Waals surface area contributed by atoms with Crippen molar-refractivity contribution in [3.63, 3.8) is 0 Å². The summed E-state index contributed by atoms with van der Waals surface area (Å²) in [5.74, 6) is 1.36. The molecule has 1 unspecified atom stereocenters. The summed E-state index contributed by atoms with van der Waals surface area (Å²) in [5, 5.41) is 0. The second-order valence-corrected chi connectivity index (χ2v) is 3.30. The predicted octanol–water partition coefficient (Wildman–Crippen LogP) is 1.11. The molecule has 13 heavy (non-hydrogen) atoms. The van der Waals surface area contributed by atoms with Gasteiger partial charge in [0.05, 0.1) is 5.69 Å². The van der Waals surface area contributed by atoms with Crippen LogP contribution in [0.15, 0.2) is 4.42 Å². The number of rotatable bonds is 3. The molecule has 0 radical (unpaired) electrons. The zero-order valence-corrected chi connectivity index (χ0v) is 8.55.